The Hall–Kier alpha value is -0.880. The van der Waals surface area contributed by atoms with E-state index in [1.54, 1.807) is 0 Å². The van der Waals surface area contributed by atoms with Crippen molar-refractivity contribution in [2.75, 3.05) is 36.0 Å². The van der Waals surface area contributed by atoms with Gasteiger partial charge in [0.05, 0.1) is 5.69 Å². The Kier molecular flexibility index (Phi) is 5.21. The molecule has 1 fully saturated rings. The van der Waals surface area contributed by atoms with Crippen molar-refractivity contribution >= 4 is 16.6 Å². The van der Waals surface area contributed by atoms with Gasteiger partial charge in [-0.2, -0.15) is 5.10 Å². The minimum Gasteiger partial charge on any atom is -0.355 e. The lowest BCUT2D eigenvalue weighted by Gasteiger charge is -2.29. The molecule has 0 saturated carbocycles. The molecule has 0 bridgehead atoms. The largest absolute Gasteiger partial charge is 0.355 e. The summed E-state index contributed by atoms with van der Waals surface area (Å²) in [6, 6.07) is 0. The summed E-state index contributed by atoms with van der Waals surface area (Å²) in [6.07, 6.45) is 0. The van der Waals surface area contributed by atoms with Crippen molar-refractivity contribution in [2.24, 2.45) is 13.0 Å². The van der Waals surface area contributed by atoms with Crippen LogP contribution in [0.2, 0.25) is 0 Å². The Bertz CT molecular complexity index is 474. The molecule has 114 valence electrons. The van der Waals surface area contributed by atoms with Crippen LogP contribution in [0, 0.1) is 12.8 Å². The number of hydrogen-bond acceptors (Lipinski definition) is 4. The molecule has 0 spiro atoms. The average molecular weight is 298 g/mol. The van der Waals surface area contributed by atoms with E-state index in [0.29, 0.717) is 5.92 Å². The zero-order valence-electron chi connectivity index (χ0n) is 13.0. The van der Waals surface area contributed by atoms with Gasteiger partial charge in [0, 0.05) is 54.6 Å². The molecule has 0 atom stereocenters. The quantitative estimate of drug-likeness (QED) is 0.882. The van der Waals surface area contributed by atoms with E-state index in [1.807, 2.05) is 11.7 Å². The summed E-state index contributed by atoms with van der Waals surface area (Å²) >= 11 is 0. The SMILES string of the molecule is Cc1nn(C)c(N2CCS(=O)CC2)c1CNCC(C)C. The van der Waals surface area contributed by atoms with E-state index < -0.39 is 10.8 Å². The van der Waals surface area contributed by atoms with Crippen LogP contribution in [-0.2, 0) is 24.4 Å². The number of anilines is 1. The van der Waals surface area contributed by atoms with Crippen molar-refractivity contribution in [3.8, 4) is 0 Å². The van der Waals surface area contributed by atoms with E-state index in [9.17, 15) is 4.21 Å². The van der Waals surface area contributed by atoms with Gasteiger partial charge in [-0.15, -0.1) is 0 Å². The molecule has 0 radical (unpaired) electrons. The third-order valence-electron chi connectivity index (χ3n) is 3.64. The molecule has 1 N–H and O–H groups in total. The lowest BCUT2D eigenvalue weighted by Crippen LogP contribution is -2.39. The van der Waals surface area contributed by atoms with Crippen LogP contribution in [0.15, 0.2) is 0 Å². The van der Waals surface area contributed by atoms with Crippen LogP contribution in [0.4, 0.5) is 5.82 Å². The van der Waals surface area contributed by atoms with Gasteiger partial charge in [-0.05, 0) is 19.4 Å². The Morgan fingerprint density at radius 3 is 2.60 bits per heavy atom. The van der Waals surface area contributed by atoms with Crippen molar-refractivity contribution in [3.05, 3.63) is 11.3 Å². The molecule has 2 rings (SSSR count). The predicted molar refractivity (Wildman–Crippen MR) is 84.6 cm³/mol. The molecule has 1 saturated heterocycles. The Labute approximate surface area is 124 Å². The second-order valence-corrected chi connectivity index (χ2v) is 7.57. The molecular formula is C14H26N4OS. The van der Waals surface area contributed by atoms with Crippen LogP contribution in [0.25, 0.3) is 0 Å². The third-order valence-corrected chi connectivity index (χ3v) is 4.92. The summed E-state index contributed by atoms with van der Waals surface area (Å²) in [4.78, 5) is 2.33. The van der Waals surface area contributed by atoms with Crippen molar-refractivity contribution < 1.29 is 4.21 Å². The van der Waals surface area contributed by atoms with Crippen molar-refractivity contribution in [3.63, 3.8) is 0 Å². The van der Waals surface area contributed by atoms with Gasteiger partial charge in [0.1, 0.15) is 5.82 Å². The van der Waals surface area contributed by atoms with Gasteiger partial charge in [0.2, 0.25) is 0 Å². The first kappa shape index (κ1) is 15.5. The highest BCUT2D eigenvalue weighted by atomic mass is 32.2. The highest BCUT2D eigenvalue weighted by Crippen LogP contribution is 2.24. The molecule has 0 amide bonds. The second-order valence-electron chi connectivity index (χ2n) is 5.87. The van der Waals surface area contributed by atoms with Crippen molar-refractivity contribution in [2.45, 2.75) is 27.3 Å². The van der Waals surface area contributed by atoms with Gasteiger partial charge in [-0.3, -0.25) is 8.89 Å². The summed E-state index contributed by atoms with van der Waals surface area (Å²) in [5, 5.41) is 8.07. The number of hydrogen-bond donors (Lipinski definition) is 1. The zero-order chi connectivity index (χ0) is 14.7. The molecular weight excluding hydrogens is 272 g/mol. The van der Waals surface area contributed by atoms with Crippen LogP contribution in [0.1, 0.15) is 25.1 Å². The normalized spacial score (nSPS) is 17.1. The molecule has 1 aliphatic heterocycles. The number of nitrogens with zero attached hydrogens (tertiary/aromatic N) is 3. The fourth-order valence-electron chi connectivity index (χ4n) is 2.63. The monoisotopic (exact) mass is 298 g/mol. The Balaban J connectivity index is 2.12. The van der Waals surface area contributed by atoms with Gasteiger partial charge in [0.15, 0.2) is 0 Å². The number of aryl methyl sites for hydroxylation is 2. The first-order valence-electron chi connectivity index (χ1n) is 7.32. The maximum atomic E-state index is 11.5. The molecule has 6 heteroatoms. The number of nitrogens with one attached hydrogen (secondary N) is 1. The van der Waals surface area contributed by atoms with Crippen LogP contribution >= 0.6 is 0 Å². The van der Waals surface area contributed by atoms with E-state index in [4.69, 9.17) is 0 Å². The minimum absolute atomic E-state index is 0.640. The van der Waals surface area contributed by atoms with Gasteiger partial charge >= 0.3 is 0 Å². The average Bonchev–Trinajstić information content (AvgIpc) is 2.65. The minimum atomic E-state index is -0.640. The molecule has 0 aromatic carbocycles. The molecule has 20 heavy (non-hydrogen) atoms. The van der Waals surface area contributed by atoms with E-state index in [1.165, 1.54) is 11.4 Å². The van der Waals surface area contributed by atoms with E-state index in [0.717, 1.165) is 43.4 Å². The smallest absolute Gasteiger partial charge is 0.131 e. The molecule has 0 unspecified atom stereocenters. The van der Waals surface area contributed by atoms with Crippen molar-refractivity contribution in [1.82, 2.24) is 15.1 Å². The molecule has 2 heterocycles. The first-order chi connectivity index (χ1) is 9.49. The van der Waals surface area contributed by atoms with Crippen molar-refractivity contribution in [1.29, 1.82) is 0 Å². The van der Waals surface area contributed by atoms with E-state index in [2.05, 4.69) is 36.1 Å². The highest BCUT2D eigenvalue weighted by molar-refractivity contribution is 7.85. The van der Waals surface area contributed by atoms with Crippen LogP contribution in [0.5, 0.6) is 0 Å². The van der Waals surface area contributed by atoms with Crippen LogP contribution in [-0.4, -0.2) is 45.1 Å². The highest BCUT2D eigenvalue weighted by Gasteiger charge is 2.22. The second kappa shape index (κ2) is 6.72. The molecule has 5 nitrogen and oxygen atoms in total. The first-order valence-corrected chi connectivity index (χ1v) is 8.81. The standard InChI is InChI=1S/C14H26N4OS/c1-11(2)9-15-10-13-12(3)16-17(4)14(13)18-5-7-20(19)8-6-18/h11,15H,5-10H2,1-4H3. The maximum Gasteiger partial charge on any atom is 0.131 e. The summed E-state index contributed by atoms with van der Waals surface area (Å²) in [7, 11) is 1.36. The molecule has 1 aromatic heterocycles. The summed E-state index contributed by atoms with van der Waals surface area (Å²) < 4.78 is 13.5. The van der Waals surface area contributed by atoms with E-state index in [-0.39, 0.29) is 0 Å². The zero-order valence-corrected chi connectivity index (χ0v) is 13.8. The van der Waals surface area contributed by atoms with Crippen LogP contribution in [0.3, 0.4) is 0 Å². The number of aromatic nitrogens is 2. The fraction of sp³-hybridized carbons (Fsp3) is 0.786. The van der Waals surface area contributed by atoms with Gasteiger partial charge < -0.3 is 10.2 Å². The topological polar surface area (TPSA) is 50.2 Å². The van der Waals surface area contributed by atoms with Crippen LogP contribution < -0.4 is 10.2 Å². The molecule has 0 aliphatic carbocycles. The Morgan fingerprint density at radius 1 is 1.35 bits per heavy atom. The third kappa shape index (κ3) is 3.61. The summed E-state index contributed by atoms with van der Waals surface area (Å²) in [5.74, 6) is 3.37. The lowest BCUT2D eigenvalue weighted by molar-refractivity contribution is 0.551. The van der Waals surface area contributed by atoms with Gasteiger partial charge in [0.25, 0.3) is 0 Å². The van der Waals surface area contributed by atoms with Gasteiger partial charge in [-0.1, -0.05) is 13.8 Å². The number of rotatable bonds is 5. The van der Waals surface area contributed by atoms with Gasteiger partial charge in [-0.25, -0.2) is 0 Å². The summed E-state index contributed by atoms with van der Waals surface area (Å²) in [6.45, 7) is 10.1. The predicted octanol–water partition coefficient (Wildman–Crippen LogP) is 1.04. The lowest BCUT2D eigenvalue weighted by atomic mass is 10.2. The summed E-state index contributed by atoms with van der Waals surface area (Å²) in [5.41, 5.74) is 2.37. The molecule has 1 aliphatic rings. The molecule has 1 aromatic rings. The van der Waals surface area contributed by atoms with E-state index >= 15 is 0 Å². The Morgan fingerprint density at radius 2 is 2.00 bits per heavy atom. The fourth-order valence-corrected chi connectivity index (χ4v) is 3.68. The maximum absolute atomic E-state index is 11.5.